The monoisotopic (exact) mass is 940 g/mol. The van der Waals surface area contributed by atoms with Crippen LogP contribution in [0.1, 0.15) is 111 Å². The second kappa shape index (κ2) is 15.8. The second-order valence-corrected chi connectivity index (χ2v) is 19.8. The number of aryl methyl sites for hydroxylation is 1. The first-order valence-corrected chi connectivity index (χ1v) is 18.9. The van der Waals surface area contributed by atoms with Crippen LogP contribution >= 0.6 is 0 Å². The van der Waals surface area contributed by atoms with E-state index >= 15 is 0 Å². The third-order valence-corrected chi connectivity index (χ3v) is 10.1. The first-order valence-electron chi connectivity index (χ1n) is 17.5. The predicted molar refractivity (Wildman–Crippen MR) is 189 cm³/mol. The Labute approximate surface area is 341 Å². The highest BCUT2D eigenvalue weighted by Gasteiger charge is 2.97. The van der Waals surface area contributed by atoms with Gasteiger partial charge in [0.15, 0.2) is 0 Å². The molecule has 0 aliphatic carbocycles. The summed E-state index contributed by atoms with van der Waals surface area (Å²) in [6.45, 7) is 23.5. The van der Waals surface area contributed by atoms with E-state index in [0.29, 0.717) is 6.07 Å². The summed E-state index contributed by atoms with van der Waals surface area (Å²) in [5.74, 6) is -63.1. The van der Waals surface area contributed by atoms with Gasteiger partial charge in [-0.15, -0.1) is 0 Å². The third kappa shape index (κ3) is 9.71. The zero-order valence-electron chi connectivity index (χ0n) is 34.8. The molecule has 61 heavy (non-hydrogen) atoms. The number of ether oxygens (including phenoxy) is 1. The maximum atomic E-state index is 14.6. The lowest BCUT2D eigenvalue weighted by Gasteiger charge is -2.44. The van der Waals surface area contributed by atoms with Gasteiger partial charge in [0.25, 0.3) is 0 Å². The van der Waals surface area contributed by atoms with Gasteiger partial charge < -0.3 is 4.74 Å². The van der Waals surface area contributed by atoms with Crippen LogP contribution in [-0.4, -0.2) is 65.8 Å². The van der Waals surface area contributed by atoms with Gasteiger partial charge >= 0.3 is 62.9 Å². The Morgan fingerprint density at radius 2 is 0.721 bits per heavy atom. The Balaban J connectivity index is 0.00000103. The first kappa shape index (κ1) is 55.9. The Bertz CT molecular complexity index is 2000. The topological polar surface area (TPSA) is 63.6 Å². The summed E-state index contributed by atoms with van der Waals surface area (Å²) in [5, 5.41) is -7.96. The number of halogens is 18. The highest BCUT2D eigenvalue weighted by atomic mass is 32.2. The minimum atomic E-state index is -9.12. The lowest BCUT2D eigenvalue weighted by Crippen LogP contribution is -2.76. The first-order chi connectivity index (χ1) is 26.2. The van der Waals surface area contributed by atoms with E-state index in [-0.39, 0.29) is 16.4 Å². The Hall–Kier alpha value is -3.11. The van der Waals surface area contributed by atoms with Crippen molar-refractivity contribution in [3.63, 3.8) is 0 Å². The van der Waals surface area contributed by atoms with Crippen LogP contribution in [0.5, 0.6) is 5.75 Å². The van der Waals surface area contributed by atoms with Crippen molar-refractivity contribution in [3.05, 3.63) is 64.2 Å². The van der Waals surface area contributed by atoms with Gasteiger partial charge in [0, 0.05) is 0 Å². The summed E-state index contributed by atoms with van der Waals surface area (Å²) >= 11 is 0. The fourth-order valence-corrected chi connectivity index (χ4v) is 5.83. The van der Waals surface area contributed by atoms with E-state index in [1.807, 2.05) is 0 Å². The smallest absolute Gasteiger partial charge is 0.428 e. The number of rotatable bonds is 11. The molecule has 1 N–H and O–H groups in total. The maximum absolute atomic E-state index is 14.6. The molecule has 2 aromatic carbocycles. The SMILES string of the molecule is CC(C)(C)c1ccc(C(C)(C)C)c(OC(F)(F)C(F)(F)C(F)(F)C(F)(F)C(F)(F)C(F)(F)C(F)(F)C(F)(F)C(F)(F)S(=O)(=O)O)c1.Cc1cc(C(C)(C)C)ccc1C(C)(C)C. The van der Waals surface area contributed by atoms with Gasteiger partial charge in [-0.3, -0.25) is 4.55 Å². The summed E-state index contributed by atoms with van der Waals surface area (Å²) in [4.78, 5) is 0. The van der Waals surface area contributed by atoms with Crippen LogP contribution in [0.3, 0.4) is 0 Å². The van der Waals surface area contributed by atoms with Crippen molar-refractivity contribution in [2.45, 2.75) is 164 Å². The van der Waals surface area contributed by atoms with Crippen molar-refractivity contribution in [2.75, 3.05) is 0 Å². The molecule has 354 valence electrons. The lowest BCUT2D eigenvalue weighted by atomic mass is 9.80. The summed E-state index contributed by atoms with van der Waals surface area (Å²) in [6, 6.07) is 9.46. The molecule has 0 spiro atoms. The molecule has 0 heterocycles. The van der Waals surface area contributed by atoms with E-state index in [1.165, 1.54) is 64.3 Å². The normalized spacial score (nSPS) is 15.3. The molecular weight excluding hydrogens is 894 g/mol. The molecule has 4 nitrogen and oxygen atoms in total. The van der Waals surface area contributed by atoms with Crippen LogP contribution in [-0.2, 0) is 31.8 Å². The van der Waals surface area contributed by atoms with Crippen LogP contribution in [0.2, 0.25) is 0 Å². The Kier molecular flexibility index (Phi) is 14.5. The van der Waals surface area contributed by atoms with E-state index < -0.39 is 85.1 Å². The largest absolute Gasteiger partial charge is 0.471 e. The van der Waals surface area contributed by atoms with Gasteiger partial charge in [-0.05, 0) is 62.5 Å². The highest BCUT2D eigenvalue weighted by Crippen LogP contribution is 2.65. The van der Waals surface area contributed by atoms with Crippen molar-refractivity contribution in [2.24, 2.45) is 0 Å². The zero-order chi connectivity index (χ0) is 49.4. The van der Waals surface area contributed by atoms with E-state index in [0.717, 1.165) is 6.07 Å². The molecule has 0 unspecified atom stereocenters. The van der Waals surface area contributed by atoms with Gasteiger partial charge in [-0.25, -0.2) is 0 Å². The Morgan fingerprint density at radius 1 is 0.426 bits per heavy atom. The minimum absolute atomic E-state index is 0.0947. The van der Waals surface area contributed by atoms with Gasteiger partial charge in [-0.2, -0.15) is 87.4 Å². The molecule has 0 aliphatic heterocycles. The van der Waals surface area contributed by atoms with Gasteiger partial charge in [0.1, 0.15) is 5.75 Å². The van der Waals surface area contributed by atoms with E-state index in [4.69, 9.17) is 4.55 Å². The van der Waals surface area contributed by atoms with E-state index in [9.17, 15) is 87.4 Å². The van der Waals surface area contributed by atoms with Gasteiger partial charge in [0.05, 0.1) is 0 Å². The van der Waals surface area contributed by atoms with Gasteiger partial charge in [0.2, 0.25) is 0 Å². The maximum Gasteiger partial charge on any atom is 0.471 e. The zero-order valence-corrected chi connectivity index (χ0v) is 35.7. The molecule has 0 radical (unpaired) electrons. The van der Waals surface area contributed by atoms with Crippen molar-refractivity contribution in [1.82, 2.24) is 0 Å². The van der Waals surface area contributed by atoms with Crippen LogP contribution in [0, 0.1) is 6.92 Å². The fraction of sp³-hybridized carbons (Fsp3) is 0.684. The fourth-order valence-electron chi connectivity index (χ4n) is 5.38. The molecule has 0 amide bonds. The summed E-state index contributed by atoms with van der Waals surface area (Å²) in [7, 11) is -8.02. The number of hydrogen-bond donors (Lipinski definition) is 1. The molecule has 0 saturated heterocycles. The molecule has 2 aromatic rings. The average Bonchev–Trinajstić information content (AvgIpc) is 3.01. The molecule has 2 rings (SSSR count). The van der Waals surface area contributed by atoms with Crippen LogP contribution in [0.25, 0.3) is 0 Å². The van der Waals surface area contributed by atoms with Crippen molar-refractivity contribution in [3.8, 4) is 5.75 Å². The third-order valence-electron chi connectivity index (χ3n) is 9.22. The van der Waals surface area contributed by atoms with Crippen LogP contribution < -0.4 is 4.74 Å². The molecular formula is C38H46F18O4S. The second-order valence-electron chi connectivity index (χ2n) is 18.4. The molecule has 0 aliphatic rings. The predicted octanol–water partition coefficient (Wildman–Crippen LogP) is 13.8. The van der Waals surface area contributed by atoms with Gasteiger partial charge in [-0.1, -0.05) is 113 Å². The summed E-state index contributed by atoms with van der Waals surface area (Å²) in [5.41, 5.74) is 1.63. The van der Waals surface area contributed by atoms with E-state index in [2.05, 4.69) is 71.4 Å². The van der Waals surface area contributed by atoms with Crippen molar-refractivity contribution < 1.29 is 96.7 Å². The number of alkyl halides is 18. The average molecular weight is 941 g/mol. The molecule has 0 atom stereocenters. The lowest BCUT2D eigenvalue weighted by molar-refractivity contribution is -0.469. The highest BCUT2D eigenvalue weighted by molar-refractivity contribution is 7.87. The van der Waals surface area contributed by atoms with Crippen molar-refractivity contribution in [1.29, 1.82) is 0 Å². The summed E-state index contributed by atoms with van der Waals surface area (Å²) in [6.07, 6.45) is -7.16. The van der Waals surface area contributed by atoms with Crippen LogP contribution in [0.4, 0.5) is 79.0 Å². The van der Waals surface area contributed by atoms with Crippen LogP contribution in [0.15, 0.2) is 36.4 Å². The molecule has 23 heteroatoms. The minimum Gasteiger partial charge on any atom is -0.428 e. The number of hydrogen-bond acceptors (Lipinski definition) is 3. The summed E-state index contributed by atoms with van der Waals surface area (Å²) < 4.78 is 284. The molecule has 0 aromatic heterocycles. The molecule has 0 bridgehead atoms. The Morgan fingerprint density at radius 3 is 1.02 bits per heavy atom. The number of benzene rings is 2. The molecule has 0 fully saturated rings. The van der Waals surface area contributed by atoms with E-state index in [1.54, 1.807) is 0 Å². The van der Waals surface area contributed by atoms with Crippen molar-refractivity contribution >= 4 is 10.1 Å². The molecule has 0 saturated carbocycles. The standard InChI is InChI=1S/C23H22F18O4S.C15H24/c1-13(2,3)10-7-8-11(14(4,5)6)12(9-10)45-22(38,39)20(34,35)18(30,31)16(26,27)15(24,25)17(28,29)19(32,33)21(36,37)23(40,41)46(42,43)44;1-11-10-12(14(2,3)4)8-9-13(11)15(5,6)7/h7-9H,1-6H3,(H,42,43,44);8-10H,1-7H3. The quantitative estimate of drug-likeness (QED) is 0.180.